The van der Waals surface area contributed by atoms with Gasteiger partial charge in [-0.05, 0) is 13.3 Å². The molecule has 1 fully saturated rings. The number of carbonyl (C=O) groups is 1. The topological polar surface area (TPSA) is 77.9 Å². The zero-order valence-corrected chi connectivity index (χ0v) is 9.86. The molecule has 1 heterocycles. The Kier molecular flexibility index (Phi) is 3.37. The van der Waals surface area contributed by atoms with E-state index in [0.717, 1.165) is 4.31 Å². The fraction of sp³-hybridized carbons (Fsp3) is 0.875. The van der Waals surface area contributed by atoms with E-state index in [1.807, 2.05) is 6.92 Å². The molecular weight excluding hydrogens is 220 g/mol. The molecule has 1 N–H and O–H groups in total. The normalized spacial score (nSPS) is 29.1. The first-order chi connectivity index (χ1) is 6.82. The molecule has 0 bridgehead atoms. The highest BCUT2D eigenvalue weighted by atomic mass is 32.2. The Morgan fingerprint density at radius 2 is 2.13 bits per heavy atom. The molecule has 0 amide bonds. The van der Waals surface area contributed by atoms with Crippen molar-refractivity contribution in [1.29, 1.82) is 0 Å². The molecule has 0 aromatic carbocycles. The number of carboxylic acids is 1. The van der Waals surface area contributed by atoms with Crippen molar-refractivity contribution in [3.05, 3.63) is 0 Å². The summed E-state index contributed by atoms with van der Waals surface area (Å²) in [7, 11) is -2.28. The molecule has 2 unspecified atom stereocenters. The van der Waals surface area contributed by atoms with Gasteiger partial charge in [0, 0.05) is 19.6 Å². The van der Waals surface area contributed by atoms with Gasteiger partial charge in [-0.25, -0.2) is 0 Å². The molecule has 88 valence electrons. The maximum atomic E-state index is 11.8. The van der Waals surface area contributed by atoms with Crippen molar-refractivity contribution in [2.24, 2.45) is 0 Å². The monoisotopic (exact) mass is 236 g/mol. The molecule has 0 radical (unpaired) electrons. The van der Waals surface area contributed by atoms with Crippen LogP contribution in [0.3, 0.4) is 0 Å². The van der Waals surface area contributed by atoms with E-state index in [-0.39, 0.29) is 12.6 Å². The van der Waals surface area contributed by atoms with Crippen LogP contribution in [0.25, 0.3) is 0 Å². The van der Waals surface area contributed by atoms with E-state index in [9.17, 15) is 13.2 Å². The fourth-order valence-electron chi connectivity index (χ4n) is 1.55. The molecule has 2 atom stereocenters. The predicted molar refractivity (Wildman–Crippen MR) is 54.6 cm³/mol. The van der Waals surface area contributed by atoms with Gasteiger partial charge in [-0.3, -0.25) is 4.79 Å². The summed E-state index contributed by atoms with van der Waals surface area (Å²) < 4.78 is 25.8. The van der Waals surface area contributed by atoms with E-state index in [2.05, 4.69) is 0 Å². The first-order valence-electron chi connectivity index (χ1n) is 4.80. The SMILES string of the molecule is CCC(C)N1CC(C(=O)O)N(C)S1(=O)=O. The number of rotatable bonds is 3. The Bertz CT molecular complexity index is 354. The van der Waals surface area contributed by atoms with Crippen molar-refractivity contribution in [1.82, 2.24) is 8.61 Å². The van der Waals surface area contributed by atoms with E-state index >= 15 is 0 Å². The van der Waals surface area contributed by atoms with Crippen LogP contribution < -0.4 is 0 Å². The van der Waals surface area contributed by atoms with E-state index in [4.69, 9.17) is 5.11 Å². The number of hydrogen-bond donors (Lipinski definition) is 1. The van der Waals surface area contributed by atoms with Crippen molar-refractivity contribution in [3.63, 3.8) is 0 Å². The van der Waals surface area contributed by atoms with E-state index in [1.165, 1.54) is 11.4 Å². The lowest BCUT2D eigenvalue weighted by atomic mass is 10.2. The van der Waals surface area contributed by atoms with Crippen LogP contribution in [-0.4, -0.2) is 53.8 Å². The molecule has 6 nitrogen and oxygen atoms in total. The maximum Gasteiger partial charge on any atom is 0.323 e. The molecule has 0 saturated carbocycles. The number of hydrogen-bond acceptors (Lipinski definition) is 3. The van der Waals surface area contributed by atoms with Gasteiger partial charge >= 0.3 is 5.97 Å². The molecule has 1 aliphatic rings. The second-order valence-corrected chi connectivity index (χ2v) is 5.65. The van der Waals surface area contributed by atoms with Crippen LogP contribution in [0.5, 0.6) is 0 Å². The lowest BCUT2D eigenvalue weighted by Crippen LogP contribution is -2.37. The molecule has 15 heavy (non-hydrogen) atoms. The summed E-state index contributed by atoms with van der Waals surface area (Å²) >= 11 is 0. The number of likely N-dealkylation sites (N-methyl/N-ethyl adjacent to an activating group) is 1. The smallest absolute Gasteiger partial charge is 0.323 e. The second-order valence-electron chi connectivity index (χ2n) is 3.70. The summed E-state index contributed by atoms with van der Waals surface area (Å²) in [5.74, 6) is -1.10. The first kappa shape index (κ1) is 12.4. The third-order valence-corrected chi connectivity index (χ3v) is 4.90. The minimum absolute atomic E-state index is 0.0309. The van der Waals surface area contributed by atoms with Gasteiger partial charge in [-0.15, -0.1) is 0 Å². The van der Waals surface area contributed by atoms with E-state index in [1.54, 1.807) is 6.92 Å². The Morgan fingerprint density at radius 3 is 2.47 bits per heavy atom. The summed E-state index contributed by atoms with van der Waals surface area (Å²) in [4.78, 5) is 10.8. The lowest BCUT2D eigenvalue weighted by Gasteiger charge is -2.21. The lowest BCUT2D eigenvalue weighted by molar-refractivity contribution is -0.140. The van der Waals surface area contributed by atoms with Gasteiger partial charge in [0.25, 0.3) is 10.2 Å². The Balaban J connectivity index is 3.00. The van der Waals surface area contributed by atoms with Crippen molar-refractivity contribution < 1.29 is 18.3 Å². The van der Waals surface area contributed by atoms with Crippen LogP contribution >= 0.6 is 0 Å². The summed E-state index contributed by atoms with van der Waals surface area (Å²) in [5.41, 5.74) is 0. The number of aliphatic carboxylic acids is 1. The molecular formula is C8H16N2O4S. The van der Waals surface area contributed by atoms with Crippen molar-refractivity contribution >= 4 is 16.2 Å². The van der Waals surface area contributed by atoms with Crippen molar-refractivity contribution in [2.45, 2.75) is 32.4 Å². The Labute approximate surface area is 89.7 Å². The summed E-state index contributed by atoms with van der Waals surface area (Å²) in [6, 6.07) is -1.13. The van der Waals surface area contributed by atoms with Gasteiger partial charge in [0.05, 0.1) is 0 Å². The number of nitrogens with zero attached hydrogens (tertiary/aromatic N) is 2. The van der Waals surface area contributed by atoms with Gasteiger partial charge in [0.1, 0.15) is 6.04 Å². The molecule has 1 rings (SSSR count). The fourth-order valence-corrected chi connectivity index (χ4v) is 3.29. The minimum atomic E-state index is -3.59. The van der Waals surface area contributed by atoms with Crippen LogP contribution in [-0.2, 0) is 15.0 Å². The molecule has 7 heteroatoms. The molecule has 0 spiro atoms. The van der Waals surface area contributed by atoms with Crippen LogP contribution in [0.4, 0.5) is 0 Å². The van der Waals surface area contributed by atoms with E-state index in [0.29, 0.717) is 6.42 Å². The zero-order chi connectivity index (χ0) is 11.8. The van der Waals surface area contributed by atoms with E-state index < -0.39 is 22.2 Å². The summed E-state index contributed by atoms with van der Waals surface area (Å²) in [6.07, 6.45) is 0.666. The highest BCUT2D eigenvalue weighted by Gasteiger charge is 2.46. The first-order valence-corrected chi connectivity index (χ1v) is 6.19. The second kappa shape index (κ2) is 4.07. The van der Waals surface area contributed by atoms with Gasteiger partial charge in [0.2, 0.25) is 0 Å². The van der Waals surface area contributed by atoms with Crippen LogP contribution in [0.1, 0.15) is 20.3 Å². The molecule has 1 saturated heterocycles. The van der Waals surface area contributed by atoms with Gasteiger partial charge in [-0.2, -0.15) is 17.0 Å². The highest BCUT2D eigenvalue weighted by Crippen LogP contribution is 2.24. The third-order valence-electron chi connectivity index (χ3n) is 2.82. The van der Waals surface area contributed by atoms with Crippen molar-refractivity contribution in [2.75, 3.05) is 13.6 Å². The minimum Gasteiger partial charge on any atom is -0.480 e. The standard InChI is InChI=1S/C8H16N2O4S/c1-4-6(2)10-5-7(8(11)12)9(3)15(10,13)14/h6-7H,4-5H2,1-3H3,(H,11,12). The van der Waals surface area contributed by atoms with Crippen LogP contribution in [0, 0.1) is 0 Å². The molecule has 1 aliphatic heterocycles. The number of carboxylic acid groups (broad SMARTS) is 1. The van der Waals surface area contributed by atoms with Crippen molar-refractivity contribution in [3.8, 4) is 0 Å². The summed E-state index contributed by atoms with van der Waals surface area (Å²) in [5, 5.41) is 8.86. The third kappa shape index (κ3) is 1.99. The molecule has 0 aromatic rings. The average molecular weight is 236 g/mol. The Morgan fingerprint density at radius 1 is 1.60 bits per heavy atom. The average Bonchev–Trinajstić information content (AvgIpc) is 2.38. The predicted octanol–water partition coefficient (Wildman–Crippen LogP) is -0.270. The van der Waals surface area contributed by atoms with Gasteiger partial charge < -0.3 is 5.11 Å². The highest BCUT2D eigenvalue weighted by molar-refractivity contribution is 7.87. The molecule has 0 aliphatic carbocycles. The summed E-state index contributed by atoms with van der Waals surface area (Å²) in [6.45, 7) is 3.67. The zero-order valence-electron chi connectivity index (χ0n) is 9.04. The maximum absolute atomic E-state index is 11.8. The van der Waals surface area contributed by atoms with Gasteiger partial charge in [-0.1, -0.05) is 6.92 Å². The largest absolute Gasteiger partial charge is 0.480 e. The van der Waals surface area contributed by atoms with Crippen LogP contribution in [0.15, 0.2) is 0 Å². The van der Waals surface area contributed by atoms with Gasteiger partial charge in [0.15, 0.2) is 0 Å². The quantitative estimate of drug-likeness (QED) is 0.731. The van der Waals surface area contributed by atoms with Crippen LogP contribution in [0.2, 0.25) is 0 Å². The Hall–Kier alpha value is -0.660. The molecule has 0 aromatic heterocycles.